The average Bonchev–Trinajstić information content (AvgIpc) is 2.95. The fraction of sp³-hybridized carbons (Fsp3) is 0.412. The third-order valence-corrected chi connectivity index (χ3v) is 4.32. The Kier molecular flexibility index (Phi) is 3.53. The molecule has 1 aromatic rings. The van der Waals surface area contributed by atoms with Gasteiger partial charge in [-0.3, -0.25) is 9.69 Å². The monoisotopic (exact) mass is 285 g/mol. The van der Waals surface area contributed by atoms with Gasteiger partial charge in [0.15, 0.2) is 0 Å². The van der Waals surface area contributed by atoms with Crippen molar-refractivity contribution in [2.45, 2.75) is 32.2 Å². The number of fused-ring (bicyclic) bond motifs is 3. The van der Waals surface area contributed by atoms with Gasteiger partial charge >= 0.3 is 5.97 Å². The Balaban J connectivity index is 2.11. The number of nitrogens with zero attached hydrogens (tertiary/aromatic N) is 1. The van der Waals surface area contributed by atoms with Gasteiger partial charge in [0, 0.05) is 24.4 Å². The smallest absolute Gasteiger partial charge is 0.329 e. The largest absolute Gasteiger partial charge is 0.464 e. The van der Waals surface area contributed by atoms with E-state index in [-0.39, 0.29) is 23.7 Å². The van der Waals surface area contributed by atoms with E-state index in [2.05, 4.69) is 12.2 Å². The Hall–Kier alpha value is -2.10. The molecule has 0 saturated carbocycles. The molecule has 1 aromatic carbocycles. The van der Waals surface area contributed by atoms with Crippen molar-refractivity contribution in [2.75, 3.05) is 11.5 Å². The van der Waals surface area contributed by atoms with E-state index in [0.29, 0.717) is 6.61 Å². The normalized spacial score (nSPS) is 26.2. The molecule has 4 heteroatoms. The van der Waals surface area contributed by atoms with Gasteiger partial charge in [0.1, 0.15) is 6.04 Å². The van der Waals surface area contributed by atoms with E-state index in [9.17, 15) is 9.59 Å². The van der Waals surface area contributed by atoms with Gasteiger partial charge in [-0.05, 0) is 25.0 Å². The molecule has 110 valence electrons. The summed E-state index contributed by atoms with van der Waals surface area (Å²) in [7, 11) is 0. The number of allylic oxidation sites excluding steroid dienone is 2. The number of esters is 1. The maximum absolute atomic E-state index is 12.4. The van der Waals surface area contributed by atoms with Gasteiger partial charge in [0.25, 0.3) is 0 Å². The summed E-state index contributed by atoms with van der Waals surface area (Å²) < 4.78 is 5.22. The third-order valence-electron chi connectivity index (χ3n) is 4.32. The lowest BCUT2D eigenvalue weighted by Gasteiger charge is -2.42. The van der Waals surface area contributed by atoms with E-state index >= 15 is 0 Å². The van der Waals surface area contributed by atoms with Crippen molar-refractivity contribution in [1.82, 2.24) is 0 Å². The maximum atomic E-state index is 12.4. The minimum Gasteiger partial charge on any atom is -0.464 e. The van der Waals surface area contributed by atoms with E-state index in [4.69, 9.17) is 4.74 Å². The fourth-order valence-corrected chi connectivity index (χ4v) is 3.53. The van der Waals surface area contributed by atoms with E-state index in [1.165, 1.54) is 6.92 Å². The SMILES string of the molecule is CCOC(=O)C1C2CC=CC2c2ccccc2N1C(C)=O. The zero-order valence-electron chi connectivity index (χ0n) is 12.3. The van der Waals surface area contributed by atoms with Gasteiger partial charge < -0.3 is 4.74 Å². The minimum atomic E-state index is -0.530. The fourth-order valence-electron chi connectivity index (χ4n) is 3.53. The molecule has 1 aliphatic heterocycles. The number of hydrogen-bond acceptors (Lipinski definition) is 3. The van der Waals surface area contributed by atoms with Gasteiger partial charge in [-0.1, -0.05) is 30.4 Å². The molecule has 0 radical (unpaired) electrons. The van der Waals surface area contributed by atoms with Crippen LogP contribution in [0.4, 0.5) is 5.69 Å². The minimum absolute atomic E-state index is 0.0721. The zero-order valence-corrected chi connectivity index (χ0v) is 12.3. The lowest BCUT2D eigenvalue weighted by atomic mass is 9.78. The third kappa shape index (κ3) is 2.15. The van der Waals surface area contributed by atoms with Crippen LogP contribution >= 0.6 is 0 Å². The average molecular weight is 285 g/mol. The molecule has 0 N–H and O–H groups in total. The van der Waals surface area contributed by atoms with Gasteiger partial charge in [0.2, 0.25) is 5.91 Å². The Bertz CT molecular complexity index is 608. The van der Waals surface area contributed by atoms with Crippen molar-refractivity contribution in [3.63, 3.8) is 0 Å². The first-order valence-corrected chi connectivity index (χ1v) is 7.37. The van der Waals surface area contributed by atoms with Crippen molar-refractivity contribution in [3.05, 3.63) is 42.0 Å². The van der Waals surface area contributed by atoms with Crippen LogP contribution in [-0.4, -0.2) is 24.5 Å². The topological polar surface area (TPSA) is 46.6 Å². The predicted octanol–water partition coefficient (Wildman–Crippen LogP) is 2.64. The van der Waals surface area contributed by atoms with Gasteiger partial charge in [-0.15, -0.1) is 0 Å². The Morgan fingerprint density at radius 1 is 1.33 bits per heavy atom. The van der Waals surface area contributed by atoms with Crippen LogP contribution in [0.5, 0.6) is 0 Å². The number of anilines is 1. The Morgan fingerprint density at radius 2 is 2.10 bits per heavy atom. The number of amides is 1. The standard InChI is InChI=1S/C17H19NO3/c1-3-21-17(20)16-14-9-6-8-12(14)13-7-4-5-10-15(13)18(16)11(2)19/h4-8,10,12,14,16H,3,9H2,1-2H3. The maximum Gasteiger partial charge on any atom is 0.329 e. The number of carbonyl (C=O) groups is 2. The van der Waals surface area contributed by atoms with E-state index in [1.54, 1.807) is 11.8 Å². The van der Waals surface area contributed by atoms with Crippen LogP contribution in [0.25, 0.3) is 0 Å². The predicted molar refractivity (Wildman–Crippen MR) is 80.0 cm³/mol. The molecule has 0 bridgehead atoms. The zero-order chi connectivity index (χ0) is 15.0. The molecule has 0 saturated heterocycles. The number of para-hydroxylation sites is 1. The molecule has 2 aliphatic rings. The van der Waals surface area contributed by atoms with Crippen molar-refractivity contribution < 1.29 is 14.3 Å². The molecular weight excluding hydrogens is 266 g/mol. The molecule has 1 heterocycles. The first kappa shape index (κ1) is 13.9. The summed E-state index contributed by atoms with van der Waals surface area (Å²) in [5, 5.41) is 0. The summed E-state index contributed by atoms with van der Waals surface area (Å²) in [5.74, 6) is -0.166. The first-order chi connectivity index (χ1) is 10.1. The molecule has 21 heavy (non-hydrogen) atoms. The highest BCUT2D eigenvalue weighted by Crippen LogP contribution is 2.47. The second-order valence-electron chi connectivity index (χ2n) is 5.50. The summed E-state index contributed by atoms with van der Waals surface area (Å²) in [6, 6.07) is 7.30. The quantitative estimate of drug-likeness (QED) is 0.620. The highest BCUT2D eigenvalue weighted by atomic mass is 16.5. The number of rotatable bonds is 2. The van der Waals surface area contributed by atoms with Gasteiger partial charge in [-0.2, -0.15) is 0 Å². The number of carbonyl (C=O) groups excluding carboxylic acids is 2. The summed E-state index contributed by atoms with van der Waals surface area (Å²) in [6.45, 7) is 3.62. The van der Waals surface area contributed by atoms with E-state index < -0.39 is 6.04 Å². The van der Waals surface area contributed by atoms with Crippen molar-refractivity contribution >= 4 is 17.6 Å². The van der Waals surface area contributed by atoms with Crippen LogP contribution in [0.1, 0.15) is 31.7 Å². The summed E-state index contributed by atoms with van der Waals surface area (Å²) in [5.41, 5.74) is 1.95. The van der Waals surface area contributed by atoms with Crippen LogP contribution in [0, 0.1) is 5.92 Å². The van der Waals surface area contributed by atoms with Crippen LogP contribution in [0.15, 0.2) is 36.4 Å². The molecule has 0 spiro atoms. The molecule has 4 nitrogen and oxygen atoms in total. The molecule has 0 aromatic heterocycles. The summed E-state index contributed by atoms with van der Waals surface area (Å²) >= 11 is 0. The van der Waals surface area contributed by atoms with Crippen LogP contribution in [0.2, 0.25) is 0 Å². The summed E-state index contributed by atoms with van der Waals surface area (Å²) in [4.78, 5) is 26.2. The second kappa shape index (κ2) is 5.35. The Labute approximate surface area is 124 Å². The molecule has 3 rings (SSSR count). The first-order valence-electron chi connectivity index (χ1n) is 7.37. The van der Waals surface area contributed by atoms with Crippen LogP contribution in [-0.2, 0) is 14.3 Å². The van der Waals surface area contributed by atoms with Crippen molar-refractivity contribution in [1.29, 1.82) is 0 Å². The lowest BCUT2D eigenvalue weighted by molar-refractivity contribution is -0.147. The lowest BCUT2D eigenvalue weighted by Crippen LogP contribution is -2.53. The molecule has 3 unspecified atom stereocenters. The highest BCUT2D eigenvalue weighted by Gasteiger charge is 2.47. The van der Waals surface area contributed by atoms with Crippen molar-refractivity contribution in [2.24, 2.45) is 5.92 Å². The van der Waals surface area contributed by atoms with Gasteiger partial charge in [-0.25, -0.2) is 4.79 Å². The van der Waals surface area contributed by atoms with E-state index in [1.807, 2.05) is 24.3 Å². The highest BCUT2D eigenvalue weighted by molar-refractivity contribution is 6.00. The van der Waals surface area contributed by atoms with Crippen LogP contribution in [0.3, 0.4) is 0 Å². The molecule has 1 amide bonds. The molecule has 1 aliphatic carbocycles. The Morgan fingerprint density at radius 3 is 2.81 bits per heavy atom. The van der Waals surface area contributed by atoms with Gasteiger partial charge in [0.05, 0.1) is 6.61 Å². The van der Waals surface area contributed by atoms with E-state index in [0.717, 1.165) is 17.7 Å². The van der Waals surface area contributed by atoms with Crippen molar-refractivity contribution in [3.8, 4) is 0 Å². The number of hydrogen-bond donors (Lipinski definition) is 0. The second-order valence-corrected chi connectivity index (χ2v) is 5.50. The molecular formula is C17H19NO3. The number of ether oxygens (including phenoxy) is 1. The molecule has 0 fully saturated rings. The molecule has 3 atom stereocenters. The summed E-state index contributed by atoms with van der Waals surface area (Å²) in [6.07, 6.45) is 5.04. The number of benzene rings is 1. The van der Waals surface area contributed by atoms with Crippen LogP contribution < -0.4 is 4.90 Å².